The molecule has 2 amide bonds. The molecule has 0 radical (unpaired) electrons. The highest BCUT2D eigenvalue weighted by Gasteiger charge is 2.31. The molecule has 1 saturated carbocycles. The Hall–Kier alpha value is -2.57. The number of nitro benzene ring substituents is 1. The van der Waals surface area contributed by atoms with Crippen LogP contribution in [0, 0.1) is 10.1 Å². The number of carbonyl (C=O) groups excluding carboxylic acids is 1. The first-order chi connectivity index (χ1) is 14.3. The minimum atomic E-state index is -3.88. The minimum Gasteiger partial charge on any atom is -0.335 e. The predicted octanol–water partition coefficient (Wildman–Crippen LogP) is 2.86. The maximum absolute atomic E-state index is 13.0. The lowest BCUT2D eigenvalue weighted by Gasteiger charge is -2.25. The van der Waals surface area contributed by atoms with Gasteiger partial charge in [0.05, 0.1) is 22.1 Å². The van der Waals surface area contributed by atoms with Crippen LogP contribution in [0.2, 0.25) is 0 Å². The van der Waals surface area contributed by atoms with Crippen molar-refractivity contribution in [2.75, 3.05) is 11.9 Å². The summed E-state index contributed by atoms with van der Waals surface area (Å²) in [6, 6.07) is 4.93. The summed E-state index contributed by atoms with van der Waals surface area (Å²) < 4.78 is 27.2. The van der Waals surface area contributed by atoms with E-state index in [2.05, 4.69) is 15.6 Å². The Morgan fingerprint density at radius 2 is 2.07 bits per heavy atom. The highest BCUT2D eigenvalue weighted by molar-refractivity contribution is 7.89. The molecule has 2 aromatic rings. The molecular weight excluding hydrogens is 430 g/mol. The Bertz CT molecular complexity index is 1080. The van der Waals surface area contributed by atoms with E-state index in [1.54, 1.807) is 0 Å². The van der Waals surface area contributed by atoms with Crippen molar-refractivity contribution in [3.8, 4) is 0 Å². The van der Waals surface area contributed by atoms with Gasteiger partial charge in [0.2, 0.25) is 10.0 Å². The van der Waals surface area contributed by atoms with E-state index in [4.69, 9.17) is 0 Å². The standard InChI is InChI=1S/C18H21N5O5S2/c24-17(19-12-4-1-2-5-12)21-18-20-15-8-9-22(11-16(15)29-18)30(27,28)14-7-3-6-13(10-14)23(25)26/h3,6-7,10,12H,1-2,4-5,8-9,11H2,(H2,19,20,21,24). The van der Waals surface area contributed by atoms with Gasteiger partial charge in [-0.1, -0.05) is 30.2 Å². The summed E-state index contributed by atoms with van der Waals surface area (Å²) in [5.74, 6) is 0. The Kier molecular flexibility index (Phi) is 5.71. The molecule has 10 nitrogen and oxygen atoms in total. The van der Waals surface area contributed by atoms with Crippen molar-refractivity contribution in [2.45, 2.75) is 49.6 Å². The average Bonchev–Trinajstić information content (AvgIpc) is 3.36. The largest absolute Gasteiger partial charge is 0.335 e. The number of fused-ring (bicyclic) bond motifs is 1. The molecule has 30 heavy (non-hydrogen) atoms. The lowest BCUT2D eigenvalue weighted by molar-refractivity contribution is -0.385. The molecule has 160 valence electrons. The second-order valence-electron chi connectivity index (χ2n) is 7.31. The molecule has 0 spiro atoms. The van der Waals surface area contributed by atoms with Crippen LogP contribution in [0.1, 0.15) is 36.3 Å². The number of nitrogens with zero attached hydrogens (tertiary/aromatic N) is 3. The van der Waals surface area contributed by atoms with Crippen molar-refractivity contribution in [3.63, 3.8) is 0 Å². The van der Waals surface area contributed by atoms with Gasteiger partial charge in [-0.3, -0.25) is 15.4 Å². The molecule has 2 aliphatic rings. The summed E-state index contributed by atoms with van der Waals surface area (Å²) in [6.45, 7) is 0.333. The molecule has 1 aromatic heterocycles. The van der Waals surface area contributed by atoms with Crippen LogP contribution < -0.4 is 10.6 Å². The van der Waals surface area contributed by atoms with Gasteiger partial charge in [0, 0.05) is 36.0 Å². The number of nitrogens with one attached hydrogen (secondary N) is 2. The molecule has 0 bridgehead atoms. The Balaban J connectivity index is 1.46. The van der Waals surface area contributed by atoms with E-state index < -0.39 is 14.9 Å². The number of thiazole rings is 1. The van der Waals surface area contributed by atoms with E-state index in [1.807, 2.05) is 0 Å². The van der Waals surface area contributed by atoms with Gasteiger partial charge in [-0.2, -0.15) is 4.31 Å². The number of benzene rings is 1. The molecule has 1 aromatic carbocycles. The summed E-state index contributed by atoms with van der Waals surface area (Å²) in [7, 11) is -3.88. The van der Waals surface area contributed by atoms with E-state index in [1.165, 1.54) is 33.8 Å². The lowest BCUT2D eigenvalue weighted by Crippen LogP contribution is -2.36. The van der Waals surface area contributed by atoms with Gasteiger partial charge >= 0.3 is 6.03 Å². The molecule has 1 aliphatic carbocycles. The first-order valence-corrected chi connectivity index (χ1v) is 11.9. The number of nitro groups is 1. The molecule has 2 N–H and O–H groups in total. The molecular formula is C18H21N5O5S2. The van der Waals surface area contributed by atoms with Crippen LogP contribution in [0.15, 0.2) is 29.2 Å². The molecule has 2 heterocycles. The molecule has 12 heteroatoms. The third-order valence-corrected chi connectivity index (χ3v) is 8.11. The number of hydrogen-bond donors (Lipinski definition) is 2. The second-order valence-corrected chi connectivity index (χ2v) is 10.3. The highest BCUT2D eigenvalue weighted by Crippen LogP contribution is 2.31. The zero-order valence-corrected chi connectivity index (χ0v) is 17.7. The number of aromatic nitrogens is 1. The third-order valence-electron chi connectivity index (χ3n) is 5.27. The van der Waals surface area contributed by atoms with E-state index in [0.717, 1.165) is 42.3 Å². The van der Waals surface area contributed by atoms with Crippen LogP contribution in [0.4, 0.5) is 15.6 Å². The van der Waals surface area contributed by atoms with Crippen LogP contribution in [0.3, 0.4) is 0 Å². The number of anilines is 1. The van der Waals surface area contributed by atoms with Crippen LogP contribution in [-0.4, -0.2) is 41.2 Å². The van der Waals surface area contributed by atoms with Gasteiger partial charge in [-0.15, -0.1) is 0 Å². The topological polar surface area (TPSA) is 135 Å². The quantitative estimate of drug-likeness (QED) is 0.530. The van der Waals surface area contributed by atoms with E-state index in [-0.39, 0.29) is 35.7 Å². The molecule has 0 atom stereocenters. The number of carbonyl (C=O) groups is 1. The first-order valence-electron chi connectivity index (χ1n) is 9.63. The van der Waals surface area contributed by atoms with Crippen molar-refractivity contribution in [1.82, 2.24) is 14.6 Å². The third kappa shape index (κ3) is 4.30. The van der Waals surface area contributed by atoms with Crippen LogP contribution in [0.25, 0.3) is 0 Å². The summed E-state index contributed by atoms with van der Waals surface area (Å²) in [5.41, 5.74) is 0.494. The van der Waals surface area contributed by atoms with Gasteiger partial charge in [0.15, 0.2) is 5.13 Å². The summed E-state index contributed by atoms with van der Waals surface area (Å²) in [6.07, 6.45) is 4.60. The molecule has 0 unspecified atom stereocenters. The zero-order valence-electron chi connectivity index (χ0n) is 16.0. The van der Waals surface area contributed by atoms with Crippen molar-refractivity contribution in [3.05, 3.63) is 45.0 Å². The summed E-state index contributed by atoms with van der Waals surface area (Å²) >= 11 is 1.25. The van der Waals surface area contributed by atoms with Gasteiger partial charge in [-0.05, 0) is 18.9 Å². The molecule has 1 fully saturated rings. The smallest absolute Gasteiger partial charge is 0.321 e. The average molecular weight is 452 g/mol. The Labute approximate surface area is 177 Å². The normalized spacial score (nSPS) is 17.5. The Morgan fingerprint density at radius 3 is 2.80 bits per heavy atom. The van der Waals surface area contributed by atoms with E-state index in [0.29, 0.717) is 11.6 Å². The number of sulfonamides is 1. The SMILES string of the molecule is O=C(Nc1nc2c(s1)CN(S(=O)(=O)c1cccc([N+](=O)[O-])c1)CC2)NC1CCCC1. The Morgan fingerprint density at radius 1 is 1.30 bits per heavy atom. The van der Waals surface area contributed by atoms with Gasteiger partial charge in [0.25, 0.3) is 5.69 Å². The molecule has 0 saturated heterocycles. The number of non-ortho nitro benzene ring substituents is 1. The monoisotopic (exact) mass is 451 g/mol. The van der Waals surface area contributed by atoms with E-state index in [9.17, 15) is 23.3 Å². The van der Waals surface area contributed by atoms with Crippen molar-refractivity contribution in [1.29, 1.82) is 0 Å². The van der Waals surface area contributed by atoms with E-state index >= 15 is 0 Å². The van der Waals surface area contributed by atoms with Crippen LogP contribution in [0.5, 0.6) is 0 Å². The minimum absolute atomic E-state index is 0.112. The zero-order chi connectivity index (χ0) is 21.3. The van der Waals surface area contributed by atoms with Crippen molar-refractivity contribution >= 4 is 38.2 Å². The van der Waals surface area contributed by atoms with Crippen LogP contribution in [-0.2, 0) is 23.0 Å². The fourth-order valence-electron chi connectivity index (χ4n) is 3.73. The number of amides is 2. The fourth-order valence-corrected chi connectivity index (χ4v) is 6.28. The van der Waals surface area contributed by atoms with Gasteiger partial charge < -0.3 is 5.32 Å². The summed E-state index contributed by atoms with van der Waals surface area (Å²) in [4.78, 5) is 27.6. The van der Waals surface area contributed by atoms with Gasteiger partial charge in [0.1, 0.15) is 0 Å². The van der Waals surface area contributed by atoms with Gasteiger partial charge in [-0.25, -0.2) is 18.2 Å². The highest BCUT2D eigenvalue weighted by atomic mass is 32.2. The molecule has 1 aliphatic heterocycles. The number of hydrogen-bond acceptors (Lipinski definition) is 7. The van der Waals surface area contributed by atoms with Crippen molar-refractivity contribution < 1.29 is 18.1 Å². The maximum Gasteiger partial charge on any atom is 0.321 e. The maximum atomic E-state index is 13.0. The lowest BCUT2D eigenvalue weighted by atomic mass is 10.2. The second kappa shape index (κ2) is 8.28. The van der Waals surface area contributed by atoms with Crippen molar-refractivity contribution in [2.24, 2.45) is 0 Å². The summed E-state index contributed by atoms with van der Waals surface area (Å²) in [5, 5.41) is 17.1. The first kappa shape index (κ1) is 20.7. The predicted molar refractivity (Wildman–Crippen MR) is 111 cm³/mol. The van der Waals surface area contributed by atoms with Crippen LogP contribution >= 0.6 is 11.3 Å². The number of rotatable bonds is 5. The number of urea groups is 1. The molecule has 4 rings (SSSR count). The fraction of sp³-hybridized carbons (Fsp3) is 0.444.